The fourth-order valence-corrected chi connectivity index (χ4v) is 2.62. The molecule has 4 nitrogen and oxygen atoms in total. The topological polar surface area (TPSA) is 91.6 Å². The summed E-state index contributed by atoms with van der Waals surface area (Å²) in [5, 5.41) is 10.1. The van der Waals surface area contributed by atoms with E-state index in [-0.39, 0.29) is 0 Å². The molecule has 0 unspecified atom stereocenters. The van der Waals surface area contributed by atoms with Crippen molar-refractivity contribution in [3.63, 3.8) is 0 Å². The van der Waals surface area contributed by atoms with E-state index in [4.69, 9.17) is 16.7 Å². The second-order valence-electron chi connectivity index (χ2n) is 5.01. The highest BCUT2D eigenvalue weighted by molar-refractivity contribution is 5.91. The van der Waals surface area contributed by atoms with Crippen LogP contribution in [0.1, 0.15) is 11.1 Å². The lowest BCUT2D eigenvalue weighted by Crippen LogP contribution is -2.03. The van der Waals surface area contributed by atoms with Gasteiger partial charge in [-0.05, 0) is 54.4 Å². The van der Waals surface area contributed by atoms with Crippen molar-refractivity contribution in [1.29, 1.82) is 5.26 Å². The van der Waals surface area contributed by atoms with Gasteiger partial charge in [0.05, 0.1) is 11.6 Å². The maximum Gasteiger partial charge on any atom is 0.0991 e. The first kappa shape index (κ1) is 13.2. The van der Waals surface area contributed by atoms with E-state index >= 15 is 0 Å². The third kappa shape index (κ3) is 2.35. The molecule has 0 atom stereocenters. The Balaban J connectivity index is 2.24. The minimum absolute atomic E-state index is 0.561. The third-order valence-corrected chi connectivity index (χ3v) is 3.63. The van der Waals surface area contributed by atoms with Crippen LogP contribution in [0.25, 0.3) is 22.2 Å². The Labute approximate surface area is 123 Å². The first-order valence-electron chi connectivity index (χ1n) is 6.83. The van der Waals surface area contributed by atoms with Crippen LogP contribution < -0.4 is 11.5 Å². The molecule has 3 aromatic rings. The molecule has 0 saturated heterocycles. The SMILES string of the molecule is N#Cc1ccc2[nH]c(-c3ccc(N)cc3)c(CCN)c2c1. The Kier molecular flexibility index (Phi) is 3.35. The monoisotopic (exact) mass is 276 g/mol. The summed E-state index contributed by atoms with van der Waals surface area (Å²) in [5.41, 5.74) is 17.2. The standard InChI is InChI=1S/C17H16N4/c18-8-7-14-15-9-11(10-19)1-6-16(15)21-17(14)12-2-4-13(20)5-3-12/h1-6,9,21H,7-8,18,20H2. The molecular weight excluding hydrogens is 260 g/mol. The van der Waals surface area contributed by atoms with Crippen molar-refractivity contribution < 1.29 is 0 Å². The highest BCUT2D eigenvalue weighted by Gasteiger charge is 2.13. The minimum Gasteiger partial charge on any atom is -0.399 e. The number of aromatic amines is 1. The molecule has 1 aromatic heterocycles. The van der Waals surface area contributed by atoms with Crippen LogP contribution >= 0.6 is 0 Å². The van der Waals surface area contributed by atoms with Gasteiger partial charge in [0.2, 0.25) is 0 Å². The van der Waals surface area contributed by atoms with Crippen LogP contribution in [0.5, 0.6) is 0 Å². The Bertz CT molecular complexity index is 822. The summed E-state index contributed by atoms with van der Waals surface area (Å²) in [6.07, 6.45) is 0.759. The molecule has 0 fully saturated rings. The molecule has 2 aromatic carbocycles. The number of hydrogen-bond donors (Lipinski definition) is 3. The molecule has 3 rings (SSSR count). The Morgan fingerprint density at radius 2 is 1.86 bits per heavy atom. The van der Waals surface area contributed by atoms with Gasteiger partial charge in [-0.2, -0.15) is 5.26 Å². The molecule has 0 aliphatic carbocycles. The lowest BCUT2D eigenvalue weighted by atomic mass is 10.0. The van der Waals surface area contributed by atoms with Crippen molar-refractivity contribution in [2.75, 3.05) is 12.3 Å². The first-order valence-corrected chi connectivity index (χ1v) is 6.83. The van der Waals surface area contributed by atoms with Crippen LogP contribution in [-0.2, 0) is 6.42 Å². The second kappa shape index (κ2) is 5.31. The fraction of sp³-hybridized carbons (Fsp3) is 0.118. The zero-order valence-electron chi connectivity index (χ0n) is 11.6. The number of nitrogen functional groups attached to an aromatic ring is 1. The number of nitrogens with zero attached hydrogens (tertiary/aromatic N) is 1. The Morgan fingerprint density at radius 1 is 1.10 bits per heavy atom. The van der Waals surface area contributed by atoms with Gasteiger partial charge in [0.1, 0.15) is 0 Å². The zero-order chi connectivity index (χ0) is 14.8. The summed E-state index contributed by atoms with van der Waals surface area (Å²) in [5.74, 6) is 0. The quantitative estimate of drug-likeness (QED) is 0.642. The van der Waals surface area contributed by atoms with Gasteiger partial charge in [0, 0.05) is 22.3 Å². The lowest BCUT2D eigenvalue weighted by Gasteiger charge is -2.04. The molecule has 104 valence electrons. The van der Waals surface area contributed by atoms with Crippen LogP contribution in [0.4, 0.5) is 5.69 Å². The summed E-state index contributed by atoms with van der Waals surface area (Å²) in [7, 11) is 0. The normalized spacial score (nSPS) is 10.7. The van der Waals surface area contributed by atoms with Gasteiger partial charge in [-0.1, -0.05) is 12.1 Å². The first-order chi connectivity index (χ1) is 10.2. The molecule has 4 heteroatoms. The van der Waals surface area contributed by atoms with Crippen LogP contribution in [0, 0.1) is 11.3 Å². The van der Waals surface area contributed by atoms with Crippen LogP contribution in [0.15, 0.2) is 42.5 Å². The van der Waals surface area contributed by atoms with E-state index in [0.29, 0.717) is 12.1 Å². The molecule has 21 heavy (non-hydrogen) atoms. The van der Waals surface area contributed by atoms with E-state index in [0.717, 1.165) is 39.8 Å². The second-order valence-corrected chi connectivity index (χ2v) is 5.01. The number of fused-ring (bicyclic) bond motifs is 1. The van der Waals surface area contributed by atoms with Gasteiger partial charge in [0.15, 0.2) is 0 Å². The summed E-state index contributed by atoms with van der Waals surface area (Å²) in [6, 6.07) is 15.6. The van der Waals surface area contributed by atoms with E-state index in [1.54, 1.807) is 0 Å². The number of nitrogens with two attached hydrogens (primary N) is 2. The molecule has 0 radical (unpaired) electrons. The van der Waals surface area contributed by atoms with Crippen molar-refractivity contribution in [2.45, 2.75) is 6.42 Å². The lowest BCUT2D eigenvalue weighted by molar-refractivity contribution is 0.978. The Hall–Kier alpha value is -2.77. The molecule has 5 N–H and O–H groups in total. The maximum atomic E-state index is 9.07. The highest BCUT2D eigenvalue weighted by Crippen LogP contribution is 2.31. The molecule has 0 spiro atoms. The number of aromatic nitrogens is 1. The van der Waals surface area contributed by atoms with E-state index < -0.39 is 0 Å². The Morgan fingerprint density at radius 3 is 2.52 bits per heavy atom. The van der Waals surface area contributed by atoms with E-state index in [2.05, 4.69) is 11.1 Å². The van der Waals surface area contributed by atoms with Crippen molar-refractivity contribution in [3.8, 4) is 17.3 Å². The number of nitrogens with one attached hydrogen (secondary N) is 1. The number of benzene rings is 2. The van der Waals surface area contributed by atoms with Crippen molar-refractivity contribution in [1.82, 2.24) is 4.98 Å². The summed E-state index contributed by atoms with van der Waals surface area (Å²) < 4.78 is 0. The molecule has 0 saturated carbocycles. The number of hydrogen-bond acceptors (Lipinski definition) is 3. The number of anilines is 1. The van der Waals surface area contributed by atoms with Crippen molar-refractivity contribution in [2.24, 2.45) is 5.73 Å². The maximum absolute atomic E-state index is 9.07. The van der Waals surface area contributed by atoms with E-state index in [1.807, 2.05) is 42.5 Å². The van der Waals surface area contributed by atoms with Gasteiger partial charge in [0.25, 0.3) is 0 Å². The number of nitriles is 1. The minimum atomic E-state index is 0.561. The van der Waals surface area contributed by atoms with Crippen LogP contribution in [0.3, 0.4) is 0 Å². The van der Waals surface area contributed by atoms with Crippen LogP contribution in [-0.4, -0.2) is 11.5 Å². The summed E-state index contributed by atoms with van der Waals surface area (Å²) in [4.78, 5) is 3.43. The summed E-state index contributed by atoms with van der Waals surface area (Å²) >= 11 is 0. The molecule has 1 heterocycles. The molecular formula is C17H16N4. The fourth-order valence-electron chi connectivity index (χ4n) is 2.62. The van der Waals surface area contributed by atoms with E-state index in [9.17, 15) is 0 Å². The van der Waals surface area contributed by atoms with Gasteiger partial charge in [-0.3, -0.25) is 0 Å². The molecule has 0 aliphatic rings. The number of rotatable bonds is 3. The highest BCUT2D eigenvalue weighted by atomic mass is 14.7. The molecule has 0 aliphatic heterocycles. The smallest absolute Gasteiger partial charge is 0.0991 e. The predicted molar refractivity (Wildman–Crippen MR) is 85.6 cm³/mol. The van der Waals surface area contributed by atoms with Crippen molar-refractivity contribution >= 4 is 16.6 Å². The van der Waals surface area contributed by atoms with Crippen molar-refractivity contribution in [3.05, 3.63) is 53.6 Å². The van der Waals surface area contributed by atoms with Gasteiger partial charge in [-0.25, -0.2) is 0 Å². The predicted octanol–water partition coefficient (Wildman–Crippen LogP) is 2.79. The van der Waals surface area contributed by atoms with Gasteiger partial charge < -0.3 is 16.5 Å². The molecule has 0 amide bonds. The average molecular weight is 276 g/mol. The summed E-state index contributed by atoms with van der Waals surface area (Å²) in [6.45, 7) is 0.561. The van der Waals surface area contributed by atoms with Gasteiger partial charge in [-0.15, -0.1) is 0 Å². The third-order valence-electron chi connectivity index (χ3n) is 3.63. The molecule has 0 bridgehead atoms. The number of H-pyrrole nitrogens is 1. The largest absolute Gasteiger partial charge is 0.399 e. The van der Waals surface area contributed by atoms with Crippen LogP contribution in [0.2, 0.25) is 0 Å². The zero-order valence-corrected chi connectivity index (χ0v) is 11.6. The average Bonchev–Trinajstić information content (AvgIpc) is 2.86. The van der Waals surface area contributed by atoms with E-state index in [1.165, 1.54) is 0 Å². The van der Waals surface area contributed by atoms with Gasteiger partial charge >= 0.3 is 0 Å².